The topological polar surface area (TPSA) is 82.3 Å². The van der Waals surface area contributed by atoms with Crippen LogP contribution >= 0.6 is 0 Å². The molecule has 4 amide bonds. The normalized spacial score (nSPS) is 12.5. The lowest BCUT2D eigenvalue weighted by atomic mass is 10.1. The van der Waals surface area contributed by atoms with E-state index < -0.39 is 0 Å². The fourth-order valence-corrected chi connectivity index (χ4v) is 2.50. The lowest BCUT2D eigenvalue weighted by Gasteiger charge is -2.16. The Bertz CT molecular complexity index is 630. The fraction of sp³-hybridized carbons (Fsp3) is 0.300. The number of carbonyl (C=O) groups excluding carboxylic acids is 2. The molecule has 0 aromatic heterocycles. The molecule has 0 unspecified atom stereocenters. The van der Waals surface area contributed by atoms with Gasteiger partial charge in [0.2, 0.25) is 0 Å². The first kappa shape index (κ1) is 19.3. The van der Waals surface area contributed by atoms with Gasteiger partial charge in [-0.05, 0) is 25.0 Å². The first-order valence-corrected chi connectivity index (χ1v) is 8.75. The van der Waals surface area contributed by atoms with E-state index >= 15 is 0 Å². The average Bonchev–Trinajstić information content (AvgIpc) is 2.66. The first-order chi connectivity index (χ1) is 12.6. The summed E-state index contributed by atoms with van der Waals surface area (Å²) >= 11 is 0. The Morgan fingerprint density at radius 3 is 1.38 bits per heavy atom. The van der Waals surface area contributed by atoms with Gasteiger partial charge in [-0.1, -0.05) is 60.7 Å². The van der Waals surface area contributed by atoms with E-state index in [4.69, 9.17) is 0 Å². The van der Waals surface area contributed by atoms with E-state index in [2.05, 4.69) is 21.3 Å². The van der Waals surface area contributed by atoms with Crippen LogP contribution in [0.4, 0.5) is 9.59 Å². The minimum atomic E-state index is -0.263. The molecule has 2 aromatic carbocycles. The molecule has 0 fully saturated rings. The Morgan fingerprint density at radius 1 is 0.692 bits per heavy atom. The second kappa shape index (κ2) is 10.1. The van der Waals surface area contributed by atoms with Crippen molar-refractivity contribution in [3.8, 4) is 0 Å². The molecule has 0 saturated carbocycles. The molecular formula is C20H26N4O2. The minimum Gasteiger partial charge on any atom is -0.336 e. The van der Waals surface area contributed by atoms with Crippen molar-refractivity contribution in [1.29, 1.82) is 0 Å². The summed E-state index contributed by atoms with van der Waals surface area (Å²) in [5.74, 6) is 0. The van der Waals surface area contributed by atoms with E-state index in [1.807, 2.05) is 74.5 Å². The molecule has 0 radical (unpaired) electrons. The van der Waals surface area contributed by atoms with E-state index in [0.29, 0.717) is 13.1 Å². The van der Waals surface area contributed by atoms with Crippen molar-refractivity contribution in [2.24, 2.45) is 0 Å². The molecule has 4 N–H and O–H groups in total. The maximum Gasteiger partial charge on any atom is 0.315 e. The highest BCUT2D eigenvalue weighted by Crippen LogP contribution is 2.11. The summed E-state index contributed by atoms with van der Waals surface area (Å²) in [7, 11) is 0. The minimum absolute atomic E-state index is 0.0841. The fourth-order valence-electron chi connectivity index (χ4n) is 2.50. The molecule has 2 rings (SSSR count). The van der Waals surface area contributed by atoms with Crippen LogP contribution in [0.2, 0.25) is 0 Å². The molecule has 0 bridgehead atoms. The zero-order valence-corrected chi connectivity index (χ0v) is 15.2. The molecule has 0 heterocycles. The van der Waals surface area contributed by atoms with Crippen LogP contribution in [-0.2, 0) is 0 Å². The summed E-state index contributed by atoms with van der Waals surface area (Å²) in [5, 5.41) is 11.2. The van der Waals surface area contributed by atoms with E-state index in [9.17, 15) is 9.59 Å². The maximum atomic E-state index is 11.9. The number of urea groups is 2. The molecule has 2 atom stereocenters. The predicted molar refractivity (Wildman–Crippen MR) is 103 cm³/mol. The molecule has 2 aromatic rings. The quantitative estimate of drug-likeness (QED) is 0.576. The predicted octanol–water partition coefficient (Wildman–Crippen LogP) is 3.11. The molecular weight excluding hydrogens is 328 g/mol. The highest BCUT2D eigenvalue weighted by molar-refractivity contribution is 5.75. The number of nitrogens with one attached hydrogen (secondary N) is 4. The van der Waals surface area contributed by atoms with Gasteiger partial charge < -0.3 is 21.3 Å². The monoisotopic (exact) mass is 354 g/mol. The molecule has 0 aliphatic rings. The molecule has 0 aliphatic carbocycles. The second-order valence-electron chi connectivity index (χ2n) is 6.07. The summed E-state index contributed by atoms with van der Waals surface area (Å²) in [4.78, 5) is 23.8. The molecule has 0 spiro atoms. The van der Waals surface area contributed by atoms with Crippen LogP contribution < -0.4 is 21.3 Å². The molecule has 0 aliphatic heterocycles. The SMILES string of the molecule is C[C@H](NC(=O)NCCNC(=O)N[C@@H](C)c1ccccc1)c1ccccc1. The number of amides is 4. The zero-order valence-electron chi connectivity index (χ0n) is 15.2. The van der Waals surface area contributed by atoms with Crippen molar-refractivity contribution in [2.45, 2.75) is 25.9 Å². The van der Waals surface area contributed by atoms with Crippen LogP contribution in [0.15, 0.2) is 60.7 Å². The lowest BCUT2D eigenvalue weighted by molar-refractivity contribution is 0.233. The lowest BCUT2D eigenvalue weighted by Crippen LogP contribution is -2.43. The van der Waals surface area contributed by atoms with Crippen molar-refractivity contribution in [3.63, 3.8) is 0 Å². The van der Waals surface area contributed by atoms with Crippen LogP contribution in [0.1, 0.15) is 37.1 Å². The van der Waals surface area contributed by atoms with Gasteiger partial charge in [0, 0.05) is 13.1 Å². The average molecular weight is 354 g/mol. The van der Waals surface area contributed by atoms with Gasteiger partial charge in [0.05, 0.1) is 12.1 Å². The zero-order chi connectivity index (χ0) is 18.8. The summed E-state index contributed by atoms with van der Waals surface area (Å²) < 4.78 is 0. The number of benzene rings is 2. The Hall–Kier alpha value is -3.02. The van der Waals surface area contributed by atoms with Crippen LogP contribution in [0, 0.1) is 0 Å². The van der Waals surface area contributed by atoms with Gasteiger partial charge in [-0.2, -0.15) is 0 Å². The van der Waals surface area contributed by atoms with Crippen molar-refractivity contribution in [2.75, 3.05) is 13.1 Å². The Kier molecular flexibility index (Phi) is 7.49. The third-order valence-electron chi connectivity index (χ3n) is 3.99. The van der Waals surface area contributed by atoms with Crippen LogP contribution in [-0.4, -0.2) is 25.2 Å². The summed E-state index contributed by atoms with van der Waals surface area (Å²) in [6.45, 7) is 4.54. The molecule has 26 heavy (non-hydrogen) atoms. The second-order valence-corrected chi connectivity index (χ2v) is 6.07. The third kappa shape index (κ3) is 6.47. The number of carbonyl (C=O) groups is 2. The van der Waals surface area contributed by atoms with Crippen LogP contribution in [0.5, 0.6) is 0 Å². The van der Waals surface area contributed by atoms with Gasteiger partial charge in [-0.25, -0.2) is 9.59 Å². The van der Waals surface area contributed by atoms with Gasteiger partial charge in [-0.15, -0.1) is 0 Å². The van der Waals surface area contributed by atoms with E-state index in [1.54, 1.807) is 0 Å². The summed E-state index contributed by atoms with van der Waals surface area (Å²) in [6.07, 6.45) is 0. The van der Waals surface area contributed by atoms with Crippen LogP contribution in [0.3, 0.4) is 0 Å². The Morgan fingerprint density at radius 2 is 1.04 bits per heavy atom. The van der Waals surface area contributed by atoms with Crippen molar-refractivity contribution in [3.05, 3.63) is 71.8 Å². The van der Waals surface area contributed by atoms with Gasteiger partial charge in [0.15, 0.2) is 0 Å². The van der Waals surface area contributed by atoms with Gasteiger partial charge >= 0.3 is 12.1 Å². The third-order valence-corrected chi connectivity index (χ3v) is 3.99. The highest BCUT2D eigenvalue weighted by atomic mass is 16.2. The number of hydrogen-bond donors (Lipinski definition) is 4. The molecule has 0 saturated heterocycles. The number of rotatable bonds is 7. The van der Waals surface area contributed by atoms with Gasteiger partial charge in [0.25, 0.3) is 0 Å². The Labute approximate surface area is 154 Å². The van der Waals surface area contributed by atoms with Crippen LogP contribution in [0.25, 0.3) is 0 Å². The van der Waals surface area contributed by atoms with Crippen molar-refractivity contribution < 1.29 is 9.59 Å². The highest BCUT2D eigenvalue weighted by Gasteiger charge is 2.10. The van der Waals surface area contributed by atoms with Crippen molar-refractivity contribution in [1.82, 2.24) is 21.3 Å². The molecule has 6 heteroatoms. The van der Waals surface area contributed by atoms with Gasteiger partial charge in [-0.3, -0.25) is 0 Å². The summed E-state index contributed by atoms with van der Waals surface area (Å²) in [6, 6.07) is 18.8. The van der Waals surface area contributed by atoms with Crippen molar-refractivity contribution >= 4 is 12.1 Å². The van der Waals surface area contributed by atoms with E-state index in [1.165, 1.54) is 0 Å². The Balaban J connectivity index is 1.62. The standard InChI is InChI=1S/C20H26N4O2/c1-15(17-9-5-3-6-10-17)23-19(25)21-13-14-22-20(26)24-16(2)18-11-7-4-8-12-18/h3-12,15-16H,13-14H2,1-2H3,(H2,21,23,25)(H2,22,24,26)/t15-,16-/m0/s1. The summed E-state index contributed by atoms with van der Waals surface area (Å²) in [5.41, 5.74) is 2.07. The molecule has 138 valence electrons. The van der Waals surface area contributed by atoms with E-state index in [0.717, 1.165) is 11.1 Å². The van der Waals surface area contributed by atoms with Gasteiger partial charge in [0.1, 0.15) is 0 Å². The number of hydrogen-bond acceptors (Lipinski definition) is 2. The maximum absolute atomic E-state index is 11.9. The smallest absolute Gasteiger partial charge is 0.315 e. The first-order valence-electron chi connectivity index (χ1n) is 8.75. The van der Waals surface area contributed by atoms with E-state index in [-0.39, 0.29) is 24.1 Å². The molecule has 6 nitrogen and oxygen atoms in total. The largest absolute Gasteiger partial charge is 0.336 e.